The molecule has 0 aromatic rings. The quantitative estimate of drug-likeness (QED) is 0.603. The molecule has 0 aliphatic heterocycles. The highest BCUT2D eigenvalue weighted by atomic mass is 16.1. The molecule has 0 unspecified atom stereocenters. The molecule has 4 N–H and O–H groups in total. The third-order valence-electron chi connectivity index (χ3n) is 2.67. The summed E-state index contributed by atoms with van der Waals surface area (Å²) in [4.78, 5) is 10.3. The summed E-state index contributed by atoms with van der Waals surface area (Å²) in [6.45, 7) is 0. The Morgan fingerprint density at radius 1 is 1.33 bits per heavy atom. The minimum Gasteiger partial charge on any atom is -0.328 e. The monoisotopic (exact) mass is 170 g/mol. The molecule has 0 aromatic carbocycles. The van der Waals surface area contributed by atoms with Crippen LogP contribution in [0.1, 0.15) is 32.1 Å². The number of hydrogen-bond acceptors (Lipinski definition) is 3. The molecule has 70 valence electrons. The molecule has 1 aliphatic carbocycles. The first-order valence-electron chi connectivity index (χ1n) is 4.69. The molecule has 12 heavy (non-hydrogen) atoms. The number of carbonyl (C=O) groups excluding carboxylic acids is 1. The number of aldehydes is 1. The van der Waals surface area contributed by atoms with Gasteiger partial charge in [0.25, 0.3) is 0 Å². The van der Waals surface area contributed by atoms with Crippen molar-refractivity contribution in [1.29, 1.82) is 0 Å². The maximum atomic E-state index is 10.3. The van der Waals surface area contributed by atoms with Crippen LogP contribution in [0, 0.1) is 5.92 Å². The van der Waals surface area contributed by atoms with Crippen LogP contribution in [-0.4, -0.2) is 18.4 Å². The number of carbonyl (C=O) groups is 1. The maximum Gasteiger partial charge on any atom is 0.136 e. The van der Waals surface area contributed by atoms with Crippen LogP contribution in [-0.2, 0) is 4.79 Å². The van der Waals surface area contributed by atoms with E-state index < -0.39 is 0 Å². The summed E-state index contributed by atoms with van der Waals surface area (Å²) in [5.41, 5.74) is 11.3. The lowest BCUT2D eigenvalue weighted by Gasteiger charge is -2.26. The van der Waals surface area contributed by atoms with E-state index in [-0.39, 0.29) is 6.04 Å². The molecule has 0 saturated heterocycles. The summed E-state index contributed by atoms with van der Waals surface area (Å²) in [6.07, 6.45) is 6.16. The van der Waals surface area contributed by atoms with Crippen LogP contribution in [0.5, 0.6) is 0 Å². The van der Waals surface area contributed by atoms with E-state index in [2.05, 4.69) is 0 Å². The zero-order valence-electron chi connectivity index (χ0n) is 7.41. The van der Waals surface area contributed by atoms with Crippen LogP contribution < -0.4 is 11.5 Å². The number of rotatable bonds is 3. The third-order valence-corrected chi connectivity index (χ3v) is 2.67. The van der Waals surface area contributed by atoms with E-state index in [1.54, 1.807) is 0 Å². The standard InChI is InChI=1S/C9H18N2O/c10-8-3-1-7(2-4-8)5-9(11)6-12/h6-9H,1-5,10-11H2/t7?,8?,9-/m0/s1. The van der Waals surface area contributed by atoms with Gasteiger partial charge in [-0.25, -0.2) is 0 Å². The summed E-state index contributed by atoms with van der Waals surface area (Å²) in [5, 5.41) is 0. The second-order valence-electron chi connectivity index (χ2n) is 3.82. The molecular formula is C9H18N2O. The highest BCUT2D eigenvalue weighted by molar-refractivity contribution is 5.56. The fourth-order valence-corrected chi connectivity index (χ4v) is 1.86. The van der Waals surface area contributed by atoms with Crippen LogP contribution in [0.15, 0.2) is 0 Å². The van der Waals surface area contributed by atoms with Crippen LogP contribution in [0.4, 0.5) is 0 Å². The predicted octanol–water partition coefficient (Wildman–Crippen LogP) is 0.420. The van der Waals surface area contributed by atoms with Gasteiger partial charge in [-0.05, 0) is 38.0 Å². The molecule has 0 bridgehead atoms. The zero-order chi connectivity index (χ0) is 8.97. The van der Waals surface area contributed by atoms with Crippen molar-refractivity contribution in [3.63, 3.8) is 0 Å². The largest absolute Gasteiger partial charge is 0.328 e. The van der Waals surface area contributed by atoms with Gasteiger partial charge in [-0.2, -0.15) is 0 Å². The van der Waals surface area contributed by atoms with E-state index in [0.29, 0.717) is 12.0 Å². The summed E-state index contributed by atoms with van der Waals surface area (Å²) in [7, 11) is 0. The van der Waals surface area contributed by atoms with Gasteiger partial charge in [-0.1, -0.05) is 0 Å². The van der Waals surface area contributed by atoms with Crippen LogP contribution in [0.25, 0.3) is 0 Å². The van der Waals surface area contributed by atoms with Crippen molar-refractivity contribution in [1.82, 2.24) is 0 Å². The predicted molar refractivity (Wildman–Crippen MR) is 48.6 cm³/mol. The molecule has 1 rings (SSSR count). The number of nitrogens with two attached hydrogens (primary N) is 2. The van der Waals surface area contributed by atoms with Crippen molar-refractivity contribution < 1.29 is 4.79 Å². The van der Waals surface area contributed by atoms with Gasteiger partial charge in [0.1, 0.15) is 6.29 Å². The summed E-state index contributed by atoms with van der Waals surface area (Å²) in [5.74, 6) is 0.630. The molecule has 1 fully saturated rings. The first-order valence-corrected chi connectivity index (χ1v) is 4.69. The van der Waals surface area contributed by atoms with E-state index in [4.69, 9.17) is 11.5 Å². The molecule has 1 atom stereocenters. The fourth-order valence-electron chi connectivity index (χ4n) is 1.86. The van der Waals surface area contributed by atoms with Crippen molar-refractivity contribution in [2.45, 2.75) is 44.2 Å². The molecule has 0 aromatic heterocycles. The number of hydrogen-bond donors (Lipinski definition) is 2. The molecular weight excluding hydrogens is 152 g/mol. The SMILES string of the molecule is NC1CCC(C[C@H](N)C=O)CC1. The lowest BCUT2D eigenvalue weighted by Crippen LogP contribution is -2.31. The second-order valence-corrected chi connectivity index (χ2v) is 3.82. The topological polar surface area (TPSA) is 69.1 Å². The Labute approximate surface area is 73.5 Å². The Bertz CT molecular complexity index is 141. The normalized spacial score (nSPS) is 32.8. The van der Waals surface area contributed by atoms with Crippen molar-refractivity contribution in [3.8, 4) is 0 Å². The second kappa shape index (κ2) is 4.58. The van der Waals surface area contributed by atoms with Crippen LogP contribution >= 0.6 is 0 Å². The molecule has 1 saturated carbocycles. The minimum atomic E-state index is -0.260. The summed E-state index contributed by atoms with van der Waals surface area (Å²) >= 11 is 0. The van der Waals surface area contributed by atoms with E-state index in [1.165, 1.54) is 0 Å². The molecule has 1 aliphatic rings. The first-order chi connectivity index (χ1) is 5.72. The molecule has 0 radical (unpaired) electrons. The maximum absolute atomic E-state index is 10.3. The Hall–Kier alpha value is -0.410. The Kier molecular flexibility index (Phi) is 3.69. The lowest BCUT2D eigenvalue weighted by molar-refractivity contribution is -0.109. The molecule has 3 heteroatoms. The van der Waals surface area contributed by atoms with Gasteiger partial charge in [0.05, 0.1) is 6.04 Å². The van der Waals surface area contributed by atoms with Gasteiger partial charge < -0.3 is 16.3 Å². The Balaban J connectivity index is 2.21. The van der Waals surface area contributed by atoms with Gasteiger partial charge in [0.2, 0.25) is 0 Å². The third kappa shape index (κ3) is 2.91. The molecule has 0 heterocycles. The Morgan fingerprint density at radius 2 is 1.92 bits per heavy atom. The van der Waals surface area contributed by atoms with Crippen molar-refractivity contribution in [3.05, 3.63) is 0 Å². The van der Waals surface area contributed by atoms with Gasteiger partial charge >= 0.3 is 0 Å². The van der Waals surface area contributed by atoms with Gasteiger partial charge in [0, 0.05) is 6.04 Å². The molecule has 0 amide bonds. The van der Waals surface area contributed by atoms with E-state index in [9.17, 15) is 4.79 Å². The van der Waals surface area contributed by atoms with Gasteiger partial charge in [-0.3, -0.25) is 0 Å². The van der Waals surface area contributed by atoms with Gasteiger partial charge in [0.15, 0.2) is 0 Å². The van der Waals surface area contributed by atoms with Gasteiger partial charge in [-0.15, -0.1) is 0 Å². The van der Waals surface area contributed by atoms with Crippen LogP contribution in [0.2, 0.25) is 0 Å². The zero-order valence-corrected chi connectivity index (χ0v) is 7.41. The smallest absolute Gasteiger partial charge is 0.136 e. The van der Waals surface area contributed by atoms with Crippen LogP contribution in [0.3, 0.4) is 0 Å². The minimum absolute atomic E-state index is 0.260. The van der Waals surface area contributed by atoms with Crippen molar-refractivity contribution >= 4 is 6.29 Å². The Morgan fingerprint density at radius 3 is 2.42 bits per heavy atom. The fraction of sp³-hybridized carbons (Fsp3) is 0.889. The summed E-state index contributed by atoms with van der Waals surface area (Å²) in [6, 6.07) is 0.123. The average Bonchev–Trinajstić information content (AvgIpc) is 2.09. The lowest BCUT2D eigenvalue weighted by atomic mass is 9.83. The van der Waals surface area contributed by atoms with E-state index >= 15 is 0 Å². The summed E-state index contributed by atoms with van der Waals surface area (Å²) < 4.78 is 0. The highest BCUT2D eigenvalue weighted by Gasteiger charge is 2.19. The molecule has 0 spiro atoms. The van der Waals surface area contributed by atoms with E-state index in [0.717, 1.165) is 38.4 Å². The molecule has 3 nitrogen and oxygen atoms in total. The highest BCUT2D eigenvalue weighted by Crippen LogP contribution is 2.26. The first kappa shape index (κ1) is 9.68. The average molecular weight is 170 g/mol. The van der Waals surface area contributed by atoms with Crippen molar-refractivity contribution in [2.75, 3.05) is 0 Å². The van der Waals surface area contributed by atoms with Crippen molar-refractivity contribution in [2.24, 2.45) is 17.4 Å². The van der Waals surface area contributed by atoms with E-state index in [1.807, 2.05) is 0 Å².